The van der Waals surface area contributed by atoms with Crippen LogP contribution < -0.4 is 10.9 Å². The lowest BCUT2D eigenvalue weighted by atomic mass is 10.1. The topological polar surface area (TPSA) is 118 Å². The number of nitrogens with zero attached hydrogens (tertiary/aromatic N) is 1. The Morgan fingerprint density at radius 2 is 1.84 bits per heavy atom. The van der Waals surface area contributed by atoms with E-state index in [4.69, 9.17) is 9.47 Å². The van der Waals surface area contributed by atoms with Gasteiger partial charge in [-0.05, 0) is 42.0 Å². The smallest absolute Gasteiger partial charge is 0.255 e. The molecule has 168 valence electrons. The highest BCUT2D eigenvalue weighted by Gasteiger charge is 2.26. The Morgan fingerprint density at radius 1 is 1.12 bits per heavy atom. The molecule has 0 bridgehead atoms. The Hall–Kier alpha value is -3.05. The van der Waals surface area contributed by atoms with E-state index in [1.165, 1.54) is 34.6 Å². The van der Waals surface area contributed by atoms with Crippen molar-refractivity contribution in [1.82, 2.24) is 9.29 Å². The van der Waals surface area contributed by atoms with Crippen LogP contribution in [0.4, 0.5) is 5.69 Å². The van der Waals surface area contributed by atoms with Gasteiger partial charge in [0.15, 0.2) is 0 Å². The van der Waals surface area contributed by atoms with E-state index in [1.807, 2.05) is 0 Å². The number of nitrogens with one attached hydrogen (secondary N) is 2. The standard InChI is InChI=1S/C22H23N3O6S/c1-30-14-16-12-21(26)24-20-13-17(4-7-19(16)20)23-22(27)15-2-5-18(6-3-15)32(28,29)25-8-10-31-11-9-25/h2-7,12-13H,8-11,14H2,1H3,(H,23,27)(H,24,26). The van der Waals surface area contributed by atoms with Crippen molar-refractivity contribution >= 4 is 32.5 Å². The molecule has 0 radical (unpaired) electrons. The largest absolute Gasteiger partial charge is 0.380 e. The molecule has 9 nitrogen and oxygen atoms in total. The van der Waals surface area contributed by atoms with Crippen molar-refractivity contribution < 1.29 is 22.7 Å². The predicted molar refractivity (Wildman–Crippen MR) is 119 cm³/mol. The molecule has 0 unspecified atom stereocenters. The molecule has 1 amide bonds. The third-order valence-corrected chi connectivity index (χ3v) is 7.12. The SMILES string of the molecule is COCc1cc(=O)[nH]c2cc(NC(=O)c3ccc(S(=O)(=O)N4CCOCC4)cc3)ccc12. The quantitative estimate of drug-likeness (QED) is 0.584. The molecule has 2 N–H and O–H groups in total. The van der Waals surface area contributed by atoms with E-state index in [0.717, 1.165) is 10.9 Å². The number of H-pyrrole nitrogens is 1. The van der Waals surface area contributed by atoms with Crippen LogP contribution in [0.3, 0.4) is 0 Å². The molecule has 4 rings (SSSR count). The summed E-state index contributed by atoms with van der Waals surface area (Å²) in [5.74, 6) is -0.393. The molecule has 1 aliphatic rings. The number of carbonyl (C=O) groups is 1. The van der Waals surface area contributed by atoms with Crippen LogP contribution in [0.1, 0.15) is 15.9 Å². The van der Waals surface area contributed by atoms with Gasteiger partial charge in [-0.25, -0.2) is 8.42 Å². The predicted octanol–water partition coefficient (Wildman–Crippen LogP) is 1.95. The average molecular weight is 458 g/mol. The minimum atomic E-state index is -3.62. The van der Waals surface area contributed by atoms with Gasteiger partial charge in [0.2, 0.25) is 15.6 Å². The van der Waals surface area contributed by atoms with Crippen LogP contribution in [0.2, 0.25) is 0 Å². The second-order valence-electron chi connectivity index (χ2n) is 7.35. The summed E-state index contributed by atoms with van der Waals surface area (Å²) in [5.41, 5.74) is 1.88. The van der Waals surface area contributed by atoms with E-state index in [0.29, 0.717) is 49.7 Å². The minimum absolute atomic E-state index is 0.130. The first-order valence-corrected chi connectivity index (χ1v) is 11.5. The number of aromatic amines is 1. The summed E-state index contributed by atoms with van der Waals surface area (Å²) in [6.07, 6.45) is 0. The first kappa shape index (κ1) is 22.2. The molecule has 1 aliphatic heterocycles. The maximum Gasteiger partial charge on any atom is 0.255 e. The van der Waals surface area contributed by atoms with Gasteiger partial charge < -0.3 is 19.8 Å². The Bertz CT molecular complexity index is 1300. The van der Waals surface area contributed by atoms with Crippen LogP contribution in [-0.2, 0) is 26.1 Å². The number of benzene rings is 2. The number of hydrogen-bond acceptors (Lipinski definition) is 6. The Labute approximate surface area is 185 Å². The molecule has 1 saturated heterocycles. The second kappa shape index (κ2) is 9.21. The van der Waals surface area contributed by atoms with Crippen molar-refractivity contribution in [2.24, 2.45) is 0 Å². The molecule has 0 saturated carbocycles. The van der Waals surface area contributed by atoms with Gasteiger partial charge in [-0.2, -0.15) is 4.31 Å². The van der Waals surface area contributed by atoms with E-state index in [9.17, 15) is 18.0 Å². The highest BCUT2D eigenvalue weighted by Crippen LogP contribution is 2.22. The lowest BCUT2D eigenvalue weighted by Gasteiger charge is -2.26. The number of fused-ring (bicyclic) bond motifs is 1. The average Bonchev–Trinajstić information content (AvgIpc) is 2.79. The zero-order valence-corrected chi connectivity index (χ0v) is 18.3. The highest BCUT2D eigenvalue weighted by atomic mass is 32.2. The van der Waals surface area contributed by atoms with E-state index in [2.05, 4.69) is 10.3 Å². The van der Waals surface area contributed by atoms with E-state index in [-0.39, 0.29) is 10.5 Å². The van der Waals surface area contributed by atoms with Gasteiger partial charge in [-0.1, -0.05) is 6.07 Å². The van der Waals surface area contributed by atoms with Gasteiger partial charge in [0.1, 0.15) is 0 Å². The Morgan fingerprint density at radius 3 is 2.53 bits per heavy atom. The van der Waals surface area contributed by atoms with Crippen LogP contribution in [0, 0.1) is 0 Å². The van der Waals surface area contributed by atoms with Gasteiger partial charge >= 0.3 is 0 Å². The normalized spacial score (nSPS) is 15.0. The number of carbonyl (C=O) groups excluding carboxylic acids is 1. The molecule has 1 aromatic heterocycles. The van der Waals surface area contributed by atoms with Crippen molar-refractivity contribution in [2.45, 2.75) is 11.5 Å². The molecule has 32 heavy (non-hydrogen) atoms. The van der Waals surface area contributed by atoms with Gasteiger partial charge in [0, 0.05) is 42.9 Å². The summed E-state index contributed by atoms with van der Waals surface area (Å²) in [4.78, 5) is 27.5. The molecule has 0 aliphatic carbocycles. The van der Waals surface area contributed by atoms with E-state index in [1.54, 1.807) is 25.3 Å². The van der Waals surface area contributed by atoms with Crippen LogP contribution in [-0.4, -0.2) is 57.0 Å². The summed E-state index contributed by atoms with van der Waals surface area (Å²) >= 11 is 0. The van der Waals surface area contributed by atoms with Gasteiger partial charge in [-0.3, -0.25) is 9.59 Å². The van der Waals surface area contributed by atoms with Gasteiger partial charge in [0.05, 0.1) is 30.2 Å². The molecule has 0 spiro atoms. The van der Waals surface area contributed by atoms with Crippen molar-refractivity contribution in [2.75, 3.05) is 38.7 Å². The number of ether oxygens (including phenoxy) is 2. The maximum atomic E-state index is 12.7. The van der Waals surface area contributed by atoms with Crippen molar-refractivity contribution in [3.63, 3.8) is 0 Å². The maximum absolute atomic E-state index is 12.7. The minimum Gasteiger partial charge on any atom is -0.380 e. The van der Waals surface area contributed by atoms with Gasteiger partial charge in [-0.15, -0.1) is 0 Å². The van der Waals surface area contributed by atoms with Crippen LogP contribution >= 0.6 is 0 Å². The summed E-state index contributed by atoms with van der Waals surface area (Å²) in [6, 6.07) is 12.5. The number of aromatic nitrogens is 1. The van der Waals surface area contributed by atoms with E-state index >= 15 is 0 Å². The van der Waals surface area contributed by atoms with Crippen molar-refractivity contribution in [3.8, 4) is 0 Å². The zero-order valence-electron chi connectivity index (χ0n) is 17.5. The van der Waals surface area contributed by atoms with Crippen molar-refractivity contribution in [3.05, 3.63) is 70.0 Å². The lowest BCUT2D eigenvalue weighted by Crippen LogP contribution is -2.40. The Balaban J connectivity index is 1.52. The molecule has 1 fully saturated rings. The number of methoxy groups -OCH3 is 1. The number of pyridine rings is 1. The summed E-state index contributed by atoms with van der Waals surface area (Å²) < 4.78 is 37.2. The van der Waals surface area contributed by atoms with Crippen molar-refractivity contribution in [1.29, 1.82) is 0 Å². The molecule has 10 heteroatoms. The summed E-state index contributed by atoms with van der Waals surface area (Å²) in [6.45, 7) is 1.64. The third kappa shape index (κ3) is 4.58. The number of sulfonamides is 1. The van der Waals surface area contributed by atoms with Gasteiger partial charge in [0.25, 0.3) is 5.91 Å². The first-order chi connectivity index (χ1) is 15.4. The van der Waals surface area contributed by atoms with Crippen LogP contribution in [0.15, 0.2) is 58.2 Å². The zero-order chi connectivity index (χ0) is 22.7. The van der Waals surface area contributed by atoms with Crippen LogP contribution in [0.5, 0.6) is 0 Å². The summed E-state index contributed by atoms with van der Waals surface area (Å²) in [7, 11) is -2.07. The molecule has 2 heterocycles. The third-order valence-electron chi connectivity index (χ3n) is 5.21. The molecule has 2 aromatic carbocycles. The number of anilines is 1. The number of hydrogen-bond donors (Lipinski definition) is 2. The number of rotatable bonds is 6. The molecular weight excluding hydrogens is 434 g/mol. The summed E-state index contributed by atoms with van der Waals surface area (Å²) in [5, 5.41) is 3.60. The highest BCUT2D eigenvalue weighted by molar-refractivity contribution is 7.89. The fourth-order valence-corrected chi connectivity index (χ4v) is 5.01. The molecule has 0 atom stereocenters. The Kier molecular flexibility index (Phi) is 6.38. The number of morpholine rings is 1. The fraction of sp³-hybridized carbons (Fsp3) is 0.273. The molecule has 3 aromatic rings. The first-order valence-electron chi connectivity index (χ1n) is 10.0. The monoisotopic (exact) mass is 457 g/mol. The fourth-order valence-electron chi connectivity index (χ4n) is 3.60. The van der Waals surface area contributed by atoms with Crippen LogP contribution in [0.25, 0.3) is 10.9 Å². The second-order valence-corrected chi connectivity index (χ2v) is 9.29. The molecular formula is C22H23N3O6S. The number of amides is 1. The van der Waals surface area contributed by atoms with E-state index < -0.39 is 15.9 Å². The lowest BCUT2D eigenvalue weighted by molar-refractivity contribution is 0.0730.